The van der Waals surface area contributed by atoms with Crippen LogP contribution in [0.2, 0.25) is 0 Å². The summed E-state index contributed by atoms with van der Waals surface area (Å²) in [6.45, 7) is 5.04. The van der Waals surface area contributed by atoms with Gasteiger partial charge in [0.05, 0.1) is 23.5 Å². The second-order valence-corrected chi connectivity index (χ2v) is 8.12. The zero-order chi connectivity index (χ0) is 12.7. The Morgan fingerprint density at radius 2 is 2.06 bits per heavy atom. The number of hydrogen-bond acceptors (Lipinski definition) is 4. The van der Waals surface area contributed by atoms with Crippen molar-refractivity contribution < 1.29 is 8.42 Å². The lowest BCUT2D eigenvalue weighted by molar-refractivity contribution is 0.0272. The van der Waals surface area contributed by atoms with E-state index in [1.807, 2.05) is 0 Å². The molecule has 0 spiro atoms. The van der Waals surface area contributed by atoms with Crippen molar-refractivity contribution in [3.63, 3.8) is 0 Å². The summed E-state index contributed by atoms with van der Waals surface area (Å²) in [6, 6.07) is 2.44. The molecule has 0 aromatic carbocycles. The molecule has 2 saturated heterocycles. The molecule has 17 heavy (non-hydrogen) atoms. The van der Waals surface area contributed by atoms with Crippen LogP contribution in [-0.4, -0.2) is 42.9 Å². The van der Waals surface area contributed by atoms with Gasteiger partial charge in [-0.2, -0.15) is 5.26 Å². The number of piperidine rings is 1. The topological polar surface area (TPSA) is 61.2 Å². The van der Waals surface area contributed by atoms with Crippen molar-refractivity contribution in [2.24, 2.45) is 5.92 Å². The van der Waals surface area contributed by atoms with E-state index in [4.69, 9.17) is 5.26 Å². The van der Waals surface area contributed by atoms with Gasteiger partial charge in [-0.05, 0) is 33.1 Å². The molecule has 2 heterocycles. The third-order valence-electron chi connectivity index (χ3n) is 4.13. The van der Waals surface area contributed by atoms with Crippen LogP contribution in [0.5, 0.6) is 0 Å². The standard InChI is InChI=1S/C12H20N2O2S/c1-12(2)5-3-10(7-13)8-14(12)11-4-6-17(15,16)9-11/h10-11H,3-6,8-9H2,1-2H3. The summed E-state index contributed by atoms with van der Waals surface area (Å²) in [7, 11) is -2.84. The van der Waals surface area contributed by atoms with Crippen molar-refractivity contribution in [1.29, 1.82) is 5.26 Å². The third kappa shape index (κ3) is 2.63. The summed E-state index contributed by atoms with van der Waals surface area (Å²) in [4.78, 5) is 2.26. The minimum atomic E-state index is -2.84. The van der Waals surface area contributed by atoms with Crippen LogP contribution in [0.25, 0.3) is 0 Å². The molecular formula is C12H20N2O2S. The lowest BCUT2D eigenvalue weighted by Gasteiger charge is -2.47. The van der Waals surface area contributed by atoms with Crippen LogP contribution in [0.1, 0.15) is 33.1 Å². The quantitative estimate of drug-likeness (QED) is 0.707. The fourth-order valence-corrected chi connectivity index (χ4v) is 4.75. The van der Waals surface area contributed by atoms with Crippen LogP contribution < -0.4 is 0 Å². The Bertz CT molecular complexity index is 436. The molecule has 0 saturated carbocycles. The summed E-state index contributed by atoms with van der Waals surface area (Å²) in [5, 5.41) is 9.03. The highest BCUT2D eigenvalue weighted by Gasteiger charge is 2.42. The van der Waals surface area contributed by atoms with Crippen molar-refractivity contribution in [2.75, 3.05) is 18.1 Å². The molecule has 0 N–H and O–H groups in total. The van der Waals surface area contributed by atoms with Gasteiger partial charge in [0.1, 0.15) is 0 Å². The van der Waals surface area contributed by atoms with Crippen LogP contribution in [0.3, 0.4) is 0 Å². The number of hydrogen-bond donors (Lipinski definition) is 0. The molecule has 0 aliphatic carbocycles. The predicted molar refractivity (Wildman–Crippen MR) is 66.2 cm³/mol. The Kier molecular flexibility index (Phi) is 3.21. The number of nitrogens with zero attached hydrogens (tertiary/aromatic N) is 2. The van der Waals surface area contributed by atoms with E-state index < -0.39 is 9.84 Å². The lowest BCUT2D eigenvalue weighted by Crippen LogP contribution is -2.55. The lowest BCUT2D eigenvalue weighted by atomic mass is 9.84. The first-order valence-corrected chi connectivity index (χ1v) is 8.03. The van der Waals surface area contributed by atoms with Gasteiger partial charge >= 0.3 is 0 Å². The maximum absolute atomic E-state index is 11.6. The summed E-state index contributed by atoms with van der Waals surface area (Å²) in [5.74, 6) is 0.641. The molecule has 2 fully saturated rings. The smallest absolute Gasteiger partial charge is 0.151 e. The Morgan fingerprint density at radius 3 is 2.59 bits per heavy atom. The largest absolute Gasteiger partial charge is 0.293 e. The van der Waals surface area contributed by atoms with E-state index in [9.17, 15) is 8.42 Å². The highest BCUT2D eigenvalue weighted by Crippen LogP contribution is 2.34. The molecule has 0 radical (unpaired) electrons. The summed E-state index contributed by atoms with van der Waals surface area (Å²) >= 11 is 0. The molecule has 4 nitrogen and oxygen atoms in total. The van der Waals surface area contributed by atoms with Crippen molar-refractivity contribution in [3.05, 3.63) is 0 Å². The SMILES string of the molecule is CC1(C)CCC(C#N)CN1C1CCS(=O)(=O)C1. The Labute approximate surface area is 104 Å². The average Bonchev–Trinajstić information content (AvgIpc) is 2.58. The second-order valence-electron chi connectivity index (χ2n) is 5.89. The highest BCUT2D eigenvalue weighted by molar-refractivity contribution is 7.91. The van der Waals surface area contributed by atoms with Crippen molar-refractivity contribution >= 4 is 9.84 Å². The molecule has 2 atom stereocenters. The van der Waals surface area contributed by atoms with Crippen molar-refractivity contribution in [2.45, 2.75) is 44.7 Å². The first-order chi connectivity index (χ1) is 7.84. The van der Waals surface area contributed by atoms with E-state index in [1.165, 1.54) is 0 Å². The maximum Gasteiger partial charge on any atom is 0.151 e. The normalized spacial score (nSPS) is 36.5. The van der Waals surface area contributed by atoms with Gasteiger partial charge in [0, 0.05) is 18.1 Å². The molecule has 96 valence electrons. The van der Waals surface area contributed by atoms with Crippen LogP contribution in [0.15, 0.2) is 0 Å². The van der Waals surface area contributed by atoms with E-state index in [-0.39, 0.29) is 23.3 Å². The summed E-state index contributed by atoms with van der Waals surface area (Å²) in [5.41, 5.74) is 0.0257. The zero-order valence-electron chi connectivity index (χ0n) is 10.5. The molecule has 0 amide bonds. The first kappa shape index (κ1) is 12.8. The monoisotopic (exact) mass is 256 g/mol. The zero-order valence-corrected chi connectivity index (χ0v) is 11.3. The minimum Gasteiger partial charge on any atom is -0.293 e. The summed E-state index contributed by atoms with van der Waals surface area (Å²) in [6.07, 6.45) is 2.63. The molecule has 2 rings (SSSR count). The van der Waals surface area contributed by atoms with Gasteiger partial charge in [-0.3, -0.25) is 4.90 Å². The van der Waals surface area contributed by atoms with Crippen molar-refractivity contribution in [3.8, 4) is 6.07 Å². The van der Waals surface area contributed by atoms with E-state index in [0.29, 0.717) is 5.75 Å². The molecule has 5 heteroatoms. The van der Waals surface area contributed by atoms with Gasteiger partial charge in [-0.25, -0.2) is 8.42 Å². The molecule has 0 aromatic rings. The van der Waals surface area contributed by atoms with Crippen LogP contribution in [0.4, 0.5) is 0 Å². The Hall–Kier alpha value is -0.600. The molecule has 0 aromatic heterocycles. The molecule has 0 bridgehead atoms. The van der Waals surface area contributed by atoms with Gasteiger partial charge < -0.3 is 0 Å². The fourth-order valence-electron chi connectivity index (χ4n) is 3.02. The predicted octanol–water partition coefficient (Wildman–Crippen LogP) is 1.19. The fraction of sp³-hybridized carbons (Fsp3) is 0.917. The first-order valence-electron chi connectivity index (χ1n) is 6.21. The Morgan fingerprint density at radius 1 is 1.35 bits per heavy atom. The van der Waals surface area contributed by atoms with Crippen LogP contribution in [0, 0.1) is 17.2 Å². The van der Waals surface area contributed by atoms with Gasteiger partial charge in [0.25, 0.3) is 0 Å². The molecule has 2 aliphatic heterocycles. The number of nitriles is 1. The number of likely N-dealkylation sites (tertiary alicyclic amines) is 1. The number of sulfone groups is 1. The third-order valence-corrected chi connectivity index (χ3v) is 5.88. The molecular weight excluding hydrogens is 236 g/mol. The van der Waals surface area contributed by atoms with E-state index in [0.717, 1.165) is 25.8 Å². The van der Waals surface area contributed by atoms with Crippen molar-refractivity contribution in [1.82, 2.24) is 4.90 Å². The van der Waals surface area contributed by atoms with Gasteiger partial charge in [-0.15, -0.1) is 0 Å². The summed E-state index contributed by atoms with van der Waals surface area (Å²) < 4.78 is 23.1. The van der Waals surface area contributed by atoms with Crippen LogP contribution >= 0.6 is 0 Å². The van der Waals surface area contributed by atoms with Gasteiger partial charge in [0.2, 0.25) is 0 Å². The Balaban J connectivity index is 2.15. The molecule has 2 unspecified atom stereocenters. The minimum absolute atomic E-state index is 0.0257. The van der Waals surface area contributed by atoms with Gasteiger partial charge in [-0.1, -0.05) is 0 Å². The van der Waals surface area contributed by atoms with Gasteiger partial charge in [0.15, 0.2) is 9.84 Å². The number of rotatable bonds is 1. The van der Waals surface area contributed by atoms with E-state index >= 15 is 0 Å². The van der Waals surface area contributed by atoms with E-state index in [2.05, 4.69) is 24.8 Å². The van der Waals surface area contributed by atoms with E-state index in [1.54, 1.807) is 0 Å². The molecule has 2 aliphatic rings. The maximum atomic E-state index is 11.6. The highest BCUT2D eigenvalue weighted by atomic mass is 32.2. The second kappa shape index (κ2) is 4.25. The van der Waals surface area contributed by atoms with Crippen LogP contribution in [-0.2, 0) is 9.84 Å². The average molecular weight is 256 g/mol.